The molecule has 208 valence electrons. The number of nitrogens with zero attached hydrogens (tertiary/aromatic N) is 3. The van der Waals surface area contributed by atoms with Gasteiger partial charge in [-0.05, 0) is 87.0 Å². The number of aryl methyl sites for hydroxylation is 1. The van der Waals surface area contributed by atoms with Gasteiger partial charge < -0.3 is 9.63 Å². The summed E-state index contributed by atoms with van der Waals surface area (Å²) in [6.07, 6.45) is 9.67. The van der Waals surface area contributed by atoms with Crippen LogP contribution in [0.25, 0.3) is 0 Å². The van der Waals surface area contributed by atoms with Gasteiger partial charge in [-0.25, -0.2) is 0 Å². The second-order valence-corrected chi connectivity index (χ2v) is 15.0. The van der Waals surface area contributed by atoms with Crippen LogP contribution in [0.3, 0.4) is 0 Å². The number of carbonyl (C=O) groups excluding carboxylic acids is 2. The Morgan fingerprint density at radius 3 is 2.38 bits per heavy atom. The number of aromatic nitrogens is 2. The Bertz CT molecular complexity index is 1390. The van der Waals surface area contributed by atoms with Crippen molar-refractivity contribution in [3.8, 4) is 6.07 Å². The summed E-state index contributed by atoms with van der Waals surface area (Å²) in [6.45, 7) is 14.6. The summed E-state index contributed by atoms with van der Waals surface area (Å²) in [6, 6.07) is 2.04. The normalized spacial score (nSPS) is 46.6. The van der Waals surface area contributed by atoms with E-state index in [4.69, 9.17) is 9.51 Å². The van der Waals surface area contributed by atoms with E-state index in [2.05, 4.69) is 32.9 Å². The fraction of sp³-hybridized carbons (Fsp3) is 0.719. The van der Waals surface area contributed by atoms with Crippen LogP contribution >= 0.6 is 0 Å². The lowest BCUT2D eigenvalue weighted by Crippen LogP contribution is -2.66. The maximum atomic E-state index is 14.5. The number of nitriles is 1. The molecule has 1 N–H and O–H groups in total. The van der Waals surface area contributed by atoms with Gasteiger partial charge in [0.1, 0.15) is 11.7 Å². The van der Waals surface area contributed by atoms with Gasteiger partial charge in [0.25, 0.3) is 0 Å². The molecule has 5 aliphatic rings. The summed E-state index contributed by atoms with van der Waals surface area (Å²) in [4.78, 5) is 32.3. The molecule has 0 radical (unpaired) electrons. The largest absolute Gasteiger partial charge is 0.382 e. The maximum Gasteiger partial charge on any atom is 0.233 e. The number of carbonyl (C=O) groups is 2. The zero-order chi connectivity index (χ0) is 28.4. The van der Waals surface area contributed by atoms with E-state index in [0.717, 1.165) is 44.1 Å². The molecule has 7 nitrogen and oxygen atoms in total. The lowest BCUT2D eigenvalue weighted by Gasteiger charge is -2.68. The van der Waals surface area contributed by atoms with Crippen molar-refractivity contribution in [1.82, 2.24) is 10.1 Å². The SMILES string of the molecule is Cc1noc([C@]23CCC(C)(C)C[C@H]2[C@H]2C(=O)C=C4[C@@]5(C)C=C(C#N)C(=O)[C@@](C)(O)C5CC[C@@]4(C)[C@]2(C)CC3)n1. The average molecular weight is 532 g/mol. The van der Waals surface area contributed by atoms with Gasteiger partial charge in [-0.2, -0.15) is 10.2 Å². The standard InChI is InChI=1S/C32H41N3O4/c1-18-34-26(39-35-18)32-12-10-27(2,3)16-20(32)24-21(36)14-23-28(4)15-19(17-33)25(37)31(7,38)22(28)8-9-29(23,5)30(24,6)11-13-32/h14-15,20,22,24,38H,8-13,16H2,1-7H3/t20-,22?,24-,28-,29+,30+,31-,32-/m0/s1. The zero-order valence-electron chi connectivity index (χ0n) is 24.4. The van der Waals surface area contributed by atoms with Crippen LogP contribution in [-0.4, -0.2) is 32.4 Å². The monoisotopic (exact) mass is 531 g/mol. The molecule has 1 unspecified atom stereocenters. The van der Waals surface area contributed by atoms with Gasteiger partial charge in [-0.1, -0.05) is 51.4 Å². The van der Waals surface area contributed by atoms with Gasteiger partial charge in [0.2, 0.25) is 11.7 Å². The Labute approximate surface area is 231 Å². The van der Waals surface area contributed by atoms with E-state index >= 15 is 0 Å². The van der Waals surface area contributed by atoms with Crippen molar-refractivity contribution in [1.29, 1.82) is 5.26 Å². The molecule has 0 spiro atoms. The predicted molar refractivity (Wildman–Crippen MR) is 144 cm³/mol. The minimum absolute atomic E-state index is 0.00733. The minimum atomic E-state index is -1.65. The highest BCUT2D eigenvalue weighted by Crippen LogP contribution is 2.74. The third-order valence-electron chi connectivity index (χ3n) is 12.5. The van der Waals surface area contributed by atoms with Crippen LogP contribution in [0.4, 0.5) is 0 Å². The fourth-order valence-electron chi connectivity index (χ4n) is 10.2. The van der Waals surface area contributed by atoms with E-state index in [1.807, 2.05) is 26.0 Å². The molecule has 7 heteroatoms. The molecule has 8 atom stereocenters. The molecular weight excluding hydrogens is 490 g/mol. The van der Waals surface area contributed by atoms with Crippen LogP contribution in [0.5, 0.6) is 0 Å². The van der Waals surface area contributed by atoms with Gasteiger partial charge in [-0.3, -0.25) is 9.59 Å². The second kappa shape index (κ2) is 7.78. The van der Waals surface area contributed by atoms with E-state index in [1.54, 1.807) is 13.0 Å². The zero-order valence-corrected chi connectivity index (χ0v) is 24.4. The number of hydrogen-bond donors (Lipinski definition) is 1. The minimum Gasteiger partial charge on any atom is -0.382 e. The lowest BCUT2D eigenvalue weighted by atomic mass is 9.34. The van der Waals surface area contributed by atoms with E-state index in [1.165, 1.54) is 0 Å². The molecule has 1 aromatic rings. The molecular formula is C32H41N3O4. The van der Waals surface area contributed by atoms with Crippen LogP contribution in [0, 0.1) is 57.7 Å². The molecule has 39 heavy (non-hydrogen) atoms. The number of aliphatic hydroxyl groups is 1. The molecule has 1 aromatic heterocycles. The molecule has 3 saturated carbocycles. The van der Waals surface area contributed by atoms with Crippen molar-refractivity contribution in [3.63, 3.8) is 0 Å². The van der Waals surface area contributed by atoms with E-state index < -0.39 is 16.8 Å². The van der Waals surface area contributed by atoms with Crippen LogP contribution < -0.4 is 0 Å². The highest BCUT2D eigenvalue weighted by atomic mass is 16.5. The topological polar surface area (TPSA) is 117 Å². The van der Waals surface area contributed by atoms with Crippen molar-refractivity contribution in [2.24, 2.45) is 39.4 Å². The Balaban J connectivity index is 1.54. The average Bonchev–Trinajstić information content (AvgIpc) is 3.29. The molecule has 0 aliphatic heterocycles. The maximum absolute atomic E-state index is 14.5. The number of rotatable bonds is 1. The van der Waals surface area contributed by atoms with E-state index in [-0.39, 0.29) is 50.8 Å². The number of ketones is 2. The first-order chi connectivity index (χ1) is 18.1. The first-order valence-corrected chi connectivity index (χ1v) is 14.5. The summed E-state index contributed by atoms with van der Waals surface area (Å²) in [5.74, 6) is 0.424. The van der Waals surface area contributed by atoms with Crippen molar-refractivity contribution in [2.75, 3.05) is 0 Å². The fourth-order valence-corrected chi connectivity index (χ4v) is 10.2. The van der Waals surface area contributed by atoms with Gasteiger partial charge >= 0.3 is 0 Å². The predicted octanol–water partition coefficient (Wildman–Crippen LogP) is 5.57. The Hall–Kier alpha value is -2.59. The summed E-state index contributed by atoms with van der Waals surface area (Å²) in [7, 11) is 0. The highest BCUT2D eigenvalue weighted by molar-refractivity contribution is 6.06. The quantitative estimate of drug-likeness (QED) is 0.503. The van der Waals surface area contributed by atoms with E-state index in [0.29, 0.717) is 18.1 Å². The molecule has 3 fully saturated rings. The van der Waals surface area contributed by atoms with Crippen LogP contribution in [0.15, 0.2) is 27.8 Å². The number of hydrogen-bond acceptors (Lipinski definition) is 7. The van der Waals surface area contributed by atoms with Gasteiger partial charge in [0.05, 0.1) is 11.0 Å². The van der Waals surface area contributed by atoms with Crippen LogP contribution in [-0.2, 0) is 15.0 Å². The van der Waals surface area contributed by atoms with Crippen molar-refractivity contribution >= 4 is 11.6 Å². The van der Waals surface area contributed by atoms with Crippen LogP contribution in [0.1, 0.15) is 98.2 Å². The van der Waals surface area contributed by atoms with Crippen LogP contribution in [0.2, 0.25) is 0 Å². The number of allylic oxidation sites excluding steroid dienone is 3. The molecule has 0 saturated heterocycles. The van der Waals surface area contributed by atoms with Crippen molar-refractivity contribution in [2.45, 2.75) is 104 Å². The molecule has 1 heterocycles. The summed E-state index contributed by atoms with van der Waals surface area (Å²) >= 11 is 0. The summed E-state index contributed by atoms with van der Waals surface area (Å²) < 4.78 is 5.87. The van der Waals surface area contributed by atoms with Crippen molar-refractivity contribution in [3.05, 3.63) is 35.0 Å². The highest BCUT2D eigenvalue weighted by Gasteiger charge is 2.71. The number of Topliss-reactive ketones (excluding diaryl/α,β-unsaturated/α-hetero) is 1. The Kier molecular flexibility index (Phi) is 5.31. The molecule has 5 aliphatic carbocycles. The second-order valence-electron chi connectivity index (χ2n) is 15.0. The van der Waals surface area contributed by atoms with Gasteiger partial charge in [0.15, 0.2) is 11.6 Å². The molecule has 0 bridgehead atoms. The van der Waals surface area contributed by atoms with Crippen molar-refractivity contribution < 1.29 is 19.2 Å². The molecule has 6 rings (SSSR count). The van der Waals surface area contributed by atoms with E-state index in [9.17, 15) is 20.0 Å². The van der Waals surface area contributed by atoms with Gasteiger partial charge in [0, 0.05) is 17.3 Å². The number of fused-ring (bicyclic) bond motifs is 7. The lowest BCUT2D eigenvalue weighted by molar-refractivity contribution is -0.167. The third-order valence-corrected chi connectivity index (χ3v) is 12.5. The third kappa shape index (κ3) is 3.18. The summed E-state index contributed by atoms with van der Waals surface area (Å²) in [5.41, 5.74) is -2.31. The Morgan fingerprint density at radius 2 is 1.74 bits per heavy atom. The first kappa shape index (κ1) is 26.6. The Morgan fingerprint density at radius 1 is 1.05 bits per heavy atom. The molecule has 0 aromatic carbocycles. The molecule has 0 amide bonds. The smallest absolute Gasteiger partial charge is 0.233 e. The van der Waals surface area contributed by atoms with Gasteiger partial charge in [-0.15, -0.1) is 0 Å². The summed E-state index contributed by atoms with van der Waals surface area (Å²) in [5, 5.41) is 25.4. The first-order valence-electron chi connectivity index (χ1n) is 14.5.